The molecule has 1 saturated heterocycles. The minimum atomic E-state index is -0.720. The van der Waals surface area contributed by atoms with Gasteiger partial charge in [-0.2, -0.15) is 0 Å². The second-order valence-corrected chi connectivity index (χ2v) is 6.43. The number of nitrogens with zero attached hydrogens (tertiary/aromatic N) is 1. The molecule has 0 bridgehead atoms. The van der Waals surface area contributed by atoms with Gasteiger partial charge in [0.15, 0.2) is 0 Å². The number of carbonyl (C=O) groups is 2. The second-order valence-electron chi connectivity index (χ2n) is 6.43. The first kappa shape index (κ1) is 14.1. The van der Waals surface area contributed by atoms with Crippen LogP contribution in [0.4, 0.5) is 0 Å². The monoisotopic (exact) mass is 287 g/mol. The number of esters is 1. The van der Waals surface area contributed by atoms with Crippen molar-refractivity contribution in [3.8, 4) is 0 Å². The molecule has 1 aromatic rings. The lowest BCUT2D eigenvalue weighted by molar-refractivity contribution is -0.155. The summed E-state index contributed by atoms with van der Waals surface area (Å²) in [5, 5.41) is 0. The molecular formula is C17H21NO3. The summed E-state index contributed by atoms with van der Waals surface area (Å²) in [5.74, 6) is -0.164. The average Bonchev–Trinajstić information content (AvgIpc) is 3.29. The van der Waals surface area contributed by atoms with E-state index in [4.69, 9.17) is 4.74 Å². The molecule has 0 unspecified atom stereocenters. The molecule has 2 atom stereocenters. The Hall–Kier alpha value is -1.84. The lowest BCUT2D eigenvalue weighted by Crippen LogP contribution is -2.38. The number of methoxy groups -OCH3 is 1. The van der Waals surface area contributed by atoms with Gasteiger partial charge in [0.2, 0.25) is 5.91 Å². The van der Waals surface area contributed by atoms with Gasteiger partial charge in [0.05, 0.1) is 24.0 Å². The van der Waals surface area contributed by atoms with Gasteiger partial charge in [-0.3, -0.25) is 9.59 Å². The second kappa shape index (κ2) is 4.58. The van der Waals surface area contributed by atoms with Crippen molar-refractivity contribution in [1.82, 2.24) is 4.90 Å². The van der Waals surface area contributed by atoms with E-state index < -0.39 is 10.8 Å². The summed E-state index contributed by atoms with van der Waals surface area (Å²) >= 11 is 0. The molecule has 2 fully saturated rings. The first-order valence-corrected chi connectivity index (χ1v) is 7.41. The van der Waals surface area contributed by atoms with E-state index in [-0.39, 0.29) is 17.9 Å². The molecule has 21 heavy (non-hydrogen) atoms. The van der Waals surface area contributed by atoms with E-state index in [0.29, 0.717) is 6.54 Å². The van der Waals surface area contributed by atoms with Gasteiger partial charge in [-0.05, 0) is 32.3 Å². The van der Waals surface area contributed by atoms with Gasteiger partial charge in [0, 0.05) is 6.54 Å². The zero-order chi connectivity index (χ0) is 15.3. The summed E-state index contributed by atoms with van der Waals surface area (Å²) in [6.07, 6.45) is 1.57. The Kier molecular flexibility index (Phi) is 3.08. The van der Waals surface area contributed by atoms with Crippen molar-refractivity contribution in [3.05, 3.63) is 35.9 Å². The normalized spacial score (nSPS) is 27.8. The maximum absolute atomic E-state index is 12.9. The average molecular weight is 287 g/mol. The summed E-state index contributed by atoms with van der Waals surface area (Å²) < 4.78 is 4.98. The van der Waals surface area contributed by atoms with Crippen LogP contribution in [-0.4, -0.2) is 30.4 Å². The summed E-state index contributed by atoms with van der Waals surface area (Å²) in [6.45, 7) is 4.34. The lowest BCUT2D eigenvalue weighted by Gasteiger charge is -2.27. The molecule has 112 valence electrons. The maximum atomic E-state index is 12.9. The van der Waals surface area contributed by atoms with E-state index in [1.807, 2.05) is 49.1 Å². The molecule has 1 heterocycles. The number of benzene rings is 1. The zero-order valence-corrected chi connectivity index (χ0v) is 12.8. The molecule has 4 heteroatoms. The molecule has 1 amide bonds. The van der Waals surface area contributed by atoms with Crippen molar-refractivity contribution in [2.45, 2.75) is 32.7 Å². The number of carbonyl (C=O) groups excluding carboxylic acids is 2. The fraction of sp³-hybridized carbons (Fsp3) is 0.529. The SMILES string of the molecule is COC(=O)[C@]1(C)CN([C@H](C)c2ccccc2)C(=O)C12CC2. The fourth-order valence-electron chi connectivity index (χ4n) is 3.67. The highest BCUT2D eigenvalue weighted by Crippen LogP contribution is 2.64. The lowest BCUT2D eigenvalue weighted by atomic mass is 9.77. The quantitative estimate of drug-likeness (QED) is 0.803. The Balaban J connectivity index is 1.93. The molecule has 0 N–H and O–H groups in total. The summed E-state index contributed by atoms with van der Waals surface area (Å²) in [4.78, 5) is 26.9. The molecule has 2 aliphatic rings. The number of rotatable bonds is 3. The van der Waals surface area contributed by atoms with Gasteiger partial charge >= 0.3 is 5.97 Å². The third-order valence-corrected chi connectivity index (χ3v) is 5.35. The predicted molar refractivity (Wildman–Crippen MR) is 78.4 cm³/mol. The molecule has 1 aliphatic carbocycles. The molecule has 1 spiro atoms. The Bertz CT molecular complexity index is 579. The number of likely N-dealkylation sites (tertiary alicyclic amines) is 1. The van der Waals surface area contributed by atoms with Crippen LogP contribution in [0.15, 0.2) is 30.3 Å². The number of hydrogen-bond donors (Lipinski definition) is 0. The highest BCUT2D eigenvalue weighted by atomic mass is 16.5. The summed E-state index contributed by atoms with van der Waals surface area (Å²) in [7, 11) is 1.40. The van der Waals surface area contributed by atoms with Crippen LogP contribution in [0.2, 0.25) is 0 Å². The number of amides is 1. The van der Waals surface area contributed by atoms with Gasteiger partial charge < -0.3 is 9.64 Å². The van der Waals surface area contributed by atoms with Crippen LogP contribution in [0.5, 0.6) is 0 Å². The van der Waals surface area contributed by atoms with E-state index in [0.717, 1.165) is 18.4 Å². The molecular weight excluding hydrogens is 266 g/mol. The van der Waals surface area contributed by atoms with Crippen LogP contribution in [-0.2, 0) is 14.3 Å². The van der Waals surface area contributed by atoms with Crippen molar-refractivity contribution < 1.29 is 14.3 Å². The van der Waals surface area contributed by atoms with Crippen LogP contribution < -0.4 is 0 Å². The molecule has 1 aromatic carbocycles. The van der Waals surface area contributed by atoms with Crippen LogP contribution in [0.3, 0.4) is 0 Å². The minimum Gasteiger partial charge on any atom is -0.469 e. The van der Waals surface area contributed by atoms with Crippen molar-refractivity contribution in [3.63, 3.8) is 0 Å². The minimum absolute atomic E-state index is 0.0253. The van der Waals surface area contributed by atoms with Gasteiger partial charge in [-0.15, -0.1) is 0 Å². The fourth-order valence-corrected chi connectivity index (χ4v) is 3.67. The number of ether oxygens (including phenoxy) is 1. The Morgan fingerprint density at radius 1 is 1.29 bits per heavy atom. The van der Waals surface area contributed by atoms with Crippen LogP contribution in [0, 0.1) is 10.8 Å². The van der Waals surface area contributed by atoms with Crippen LogP contribution >= 0.6 is 0 Å². The summed E-state index contributed by atoms with van der Waals surface area (Å²) in [5.41, 5.74) is -0.152. The van der Waals surface area contributed by atoms with Crippen LogP contribution in [0.25, 0.3) is 0 Å². The highest BCUT2D eigenvalue weighted by Gasteiger charge is 2.72. The van der Waals surface area contributed by atoms with E-state index in [1.54, 1.807) is 0 Å². The molecule has 4 nitrogen and oxygen atoms in total. The third-order valence-electron chi connectivity index (χ3n) is 5.35. The Morgan fingerprint density at radius 3 is 2.43 bits per heavy atom. The van der Waals surface area contributed by atoms with Crippen LogP contribution in [0.1, 0.15) is 38.3 Å². The third kappa shape index (κ3) is 1.81. The standard InChI is InChI=1S/C17H21NO3/c1-12(13-7-5-4-6-8-13)18-11-16(2,15(20)21-3)17(9-10-17)14(18)19/h4-8,12H,9-11H2,1-3H3/t12-,16+/m1/s1. The van der Waals surface area contributed by atoms with E-state index in [9.17, 15) is 9.59 Å². The summed E-state index contributed by atoms with van der Waals surface area (Å²) in [6, 6.07) is 9.92. The molecule has 1 saturated carbocycles. The van der Waals surface area contributed by atoms with Gasteiger partial charge in [-0.25, -0.2) is 0 Å². The molecule has 0 aromatic heterocycles. The Labute approximate surface area is 125 Å². The molecule has 0 radical (unpaired) electrons. The van der Waals surface area contributed by atoms with Gasteiger partial charge in [0.25, 0.3) is 0 Å². The first-order chi connectivity index (χ1) is 9.96. The number of hydrogen-bond acceptors (Lipinski definition) is 3. The zero-order valence-electron chi connectivity index (χ0n) is 12.8. The largest absolute Gasteiger partial charge is 0.469 e. The van der Waals surface area contributed by atoms with Gasteiger partial charge in [-0.1, -0.05) is 30.3 Å². The van der Waals surface area contributed by atoms with E-state index in [1.165, 1.54) is 7.11 Å². The van der Waals surface area contributed by atoms with E-state index in [2.05, 4.69) is 0 Å². The predicted octanol–water partition coefficient (Wildman–Crippen LogP) is 2.55. The first-order valence-electron chi connectivity index (χ1n) is 7.41. The van der Waals surface area contributed by atoms with E-state index >= 15 is 0 Å². The van der Waals surface area contributed by atoms with Crippen molar-refractivity contribution in [2.24, 2.45) is 10.8 Å². The highest BCUT2D eigenvalue weighted by molar-refractivity contribution is 5.97. The van der Waals surface area contributed by atoms with Gasteiger partial charge in [0.1, 0.15) is 0 Å². The maximum Gasteiger partial charge on any atom is 0.314 e. The van der Waals surface area contributed by atoms with Crippen molar-refractivity contribution >= 4 is 11.9 Å². The smallest absolute Gasteiger partial charge is 0.314 e. The Morgan fingerprint density at radius 2 is 1.90 bits per heavy atom. The molecule has 3 rings (SSSR count). The van der Waals surface area contributed by atoms with Crippen molar-refractivity contribution in [1.29, 1.82) is 0 Å². The topological polar surface area (TPSA) is 46.6 Å². The molecule has 1 aliphatic heterocycles. The van der Waals surface area contributed by atoms with Crippen molar-refractivity contribution in [2.75, 3.05) is 13.7 Å².